The first-order valence-electron chi connectivity index (χ1n) is 2.75. The first-order valence-corrected chi connectivity index (χ1v) is 2.75. The van der Waals surface area contributed by atoms with Crippen molar-refractivity contribution in [1.29, 1.82) is 0 Å². The zero-order valence-electron chi connectivity index (χ0n) is 4.68. The maximum atomic E-state index is 10.6. The topological polar surface area (TPSA) is 46.2 Å². The normalized spacial score (nSPS) is 38.4. The number of hydrogen-bond donors (Lipinski definition) is 1. The third-order valence-electron chi connectivity index (χ3n) is 1.83. The van der Waals surface area contributed by atoms with Crippen molar-refractivity contribution < 1.29 is 9.59 Å². The van der Waals surface area contributed by atoms with Crippen LogP contribution in [0.15, 0.2) is 12.2 Å². The van der Waals surface area contributed by atoms with Crippen LogP contribution >= 0.6 is 0 Å². The molecule has 0 aromatic heterocycles. The van der Waals surface area contributed by atoms with Crippen LogP contribution in [0.3, 0.4) is 0 Å². The zero-order chi connectivity index (χ0) is 6.59. The van der Waals surface area contributed by atoms with E-state index in [1.807, 2.05) is 0 Å². The van der Waals surface area contributed by atoms with Crippen LogP contribution in [0.25, 0.3) is 0 Å². The van der Waals surface area contributed by atoms with Gasteiger partial charge in [-0.3, -0.25) is 14.9 Å². The molecule has 3 nitrogen and oxygen atoms in total. The molecule has 2 amide bonds. The Morgan fingerprint density at radius 3 is 1.89 bits per heavy atom. The summed E-state index contributed by atoms with van der Waals surface area (Å²) in [6.45, 7) is 3.57. The molecule has 1 saturated heterocycles. The number of amides is 2. The molecule has 0 spiro atoms. The summed E-state index contributed by atoms with van der Waals surface area (Å²) >= 11 is 0. The van der Waals surface area contributed by atoms with Gasteiger partial charge in [0.25, 0.3) is 0 Å². The van der Waals surface area contributed by atoms with Crippen LogP contribution in [-0.4, -0.2) is 11.8 Å². The zero-order valence-corrected chi connectivity index (χ0v) is 4.68. The third-order valence-corrected chi connectivity index (χ3v) is 1.83. The SMILES string of the molecule is C=C1C2C(=O)NC(=O)C12. The first-order chi connectivity index (χ1) is 4.22. The highest BCUT2D eigenvalue weighted by atomic mass is 16.2. The van der Waals surface area contributed by atoms with Crippen LogP contribution in [0.2, 0.25) is 0 Å². The maximum Gasteiger partial charge on any atom is 0.234 e. The van der Waals surface area contributed by atoms with E-state index in [-0.39, 0.29) is 23.7 Å². The molecule has 0 bridgehead atoms. The number of hydrogen-bond acceptors (Lipinski definition) is 2. The number of piperidine rings is 1. The van der Waals surface area contributed by atoms with E-state index in [2.05, 4.69) is 11.9 Å². The summed E-state index contributed by atoms with van der Waals surface area (Å²) in [4.78, 5) is 21.3. The summed E-state index contributed by atoms with van der Waals surface area (Å²) in [5, 5.41) is 2.21. The average Bonchev–Trinajstić information content (AvgIpc) is 2.30. The molecule has 9 heavy (non-hydrogen) atoms. The molecular formula is C6H5NO2. The lowest BCUT2D eigenvalue weighted by atomic mass is 10.4. The van der Waals surface area contributed by atoms with Crippen molar-refractivity contribution in [2.75, 3.05) is 0 Å². The fourth-order valence-electron chi connectivity index (χ4n) is 1.23. The van der Waals surface area contributed by atoms with Gasteiger partial charge in [-0.1, -0.05) is 12.2 Å². The quantitative estimate of drug-likeness (QED) is 0.347. The maximum absolute atomic E-state index is 10.6. The summed E-state index contributed by atoms with van der Waals surface area (Å²) in [6, 6.07) is 0. The van der Waals surface area contributed by atoms with Crippen molar-refractivity contribution >= 4 is 11.8 Å². The largest absolute Gasteiger partial charge is 0.295 e. The molecule has 1 heterocycles. The Hall–Kier alpha value is -1.12. The second-order valence-electron chi connectivity index (χ2n) is 2.38. The van der Waals surface area contributed by atoms with Crippen molar-refractivity contribution in [2.24, 2.45) is 11.8 Å². The number of fused-ring (bicyclic) bond motifs is 1. The molecule has 1 aliphatic carbocycles. The van der Waals surface area contributed by atoms with Gasteiger partial charge < -0.3 is 0 Å². The lowest BCUT2D eigenvalue weighted by Crippen LogP contribution is -2.25. The van der Waals surface area contributed by atoms with Gasteiger partial charge in [0.15, 0.2) is 0 Å². The minimum absolute atomic E-state index is 0.169. The van der Waals surface area contributed by atoms with E-state index in [1.165, 1.54) is 0 Å². The van der Waals surface area contributed by atoms with Crippen molar-refractivity contribution in [3.63, 3.8) is 0 Å². The highest BCUT2D eigenvalue weighted by Gasteiger charge is 2.58. The van der Waals surface area contributed by atoms with Gasteiger partial charge in [-0.05, 0) is 0 Å². The van der Waals surface area contributed by atoms with Crippen molar-refractivity contribution in [1.82, 2.24) is 5.32 Å². The Morgan fingerprint density at radius 1 is 1.22 bits per heavy atom. The van der Waals surface area contributed by atoms with E-state index in [0.29, 0.717) is 0 Å². The molecule has 2 unspecified atom stereocenters. The fraction of sp³-hybridized carbons (Fsp3) is 0.333. The monoisotopic (exact) mass is 123 g/mol. The molecule has 2 atom stereocenters. The van der Waals surface area contributed by atoms with Gasteiger partial charge in [0, 0.05) is 0 Å². The molecule has 3 heteroatoms. The summed E-state index contributed by atoms with van der Waals surface area (Å²) in [6.07, 6.45) is 0. The summed E-state index contributed by atoms with van der Waals surface area (Å²) in [5.74, 6) is -0.681. The van der Waals surface area contributed by atoms with E-state index in [0.717, 1.165) is 5.57 Å². The average molecular weight is 123 g/mol. The minimum atomic E-state index is -0.171. The smallest absolute Gasteiger partial charge is 0.234 e. The highest BCUT2D eigenvalue weighted by molar-refractivity contribution is 6.13. The Balaban J connectivity index is 2.38. The van der Waals surface area contributed by atoms with Gasteiger partial charge in [0.05, 0.1) is 11.8 Å². The predicted octanol–water partition coefficient (Wildman–Crippen LogP) is -0.555. The Kier molecular flexibility index (Phi) is 0.565. The van der Waals surface area contributed by atoms with Crippen LogP contribution in [0.1, 0.15) is 0 Å². The van der Waals surface area contributed by atoms with Gasteiger partial charge in [-0.15, -0.1) is 0 Å². The van der Waals surface area contributed by atoms with Crippen LogP contribution in [-0.2, 0) is 9.59 Å². The number of rotatable bonds is 0. The second-order valence-corrected chi connectivity index (χ2v) is 2.38. The van der Waals surface area contributed by atoms with Gasteiger partial charge in [-0.25, -0.2) is 0 Å². The number of carbonyl (C=O) groups excluding carboxylic acids is 2. The van der Waals surface area contributed by atoms with E-state index < -0.39 is 0 Å². The first kappa shape index (κ1) is 4.73. The molecule has 2 aliphatic rings. The van der Waals surface area contributed by atoms with Gasteiger partial charge in [0.2, 0.25) is 11.8 Å². The number of carbonyl (C=O) groups is 2. The molecule has 0 aromatic carbocycles. The van der Waals surface area contributed by atoms with Gasteiger partial charge in [-0.2, -0.15) is 0 Å². The minimum Gasteiger partial charge on any atom is -0.295 e. The fourth-order valence-corrected chi connectivity index (χ4v) is 1.23. The molecule has 2 rings (SSSR count). The van der Waals surface area contributed by atoms with Crippen molar-refractivity contribution in [3.05, 3.63) is 12.2 Å². The van der Waals surface area contributed by atoms with Crippen LogP contribution in [0.5, 0.6) is 0 Å². The summed E-state index contributed by atoms with van der Waals surface area (Å²) in [7, 11) is 0. The van der Waals surface area contributed by atoms with E-state index >= 15 is 0 Å². The molecule has 1 saturated carbocycles. The van der Waals surface area contributed by atoms with Gasteiger partial charge >= 0.3 is 0 Å². The Bertz CT molecular complexity index is 209. The standard InChI is InChI=1S/C6H5NO2/c1-2-3-4(2)6(9)7-5(3)8/h3-4H,1H2,(H,7,8,9). The Morgan fingerprint density at radius 2 is 1.67 bits per heavy atom. The predicted molar refractivity (Wildman–Crippen MR) is 29.3 cm³/mol. The van der Waals surface area contributed by atoms with Crippen LogP contribution in [0.4, 0.5) is 0 Å². The Labute approximate surface area is 51.7 Å². The molecule has 0 radical (unpaired) electrons. The molecule has 2 fully saturated rings. The van der Waals surface area contributed by atoms with Gasteiger partial charge in [0.1, 0.15) is 0 Å². The molecule has 46 valence electrons. The molecule has 1 aliphatic heterocycles. The van der Waals surface area contributed by atoms with E-state index in [1.54, 1.807) is 0 Å². The van der Waals surface area contributed by atoms with E-state index in [9.17, 15) is 9.59 Å². The number of nitrogens with one attached hydrogen (secondary N) is 1. The molecule has 1 N–H and O–H groups in total. The van der Waals surface area contributed by atoms with Crippen molar-refractivity contribution in [3.8, 4) is 0 Å². The number of imide groups is 1. The second kappa shape index (κ2) is 1.07. The highest BCUT2D eigenvalue weighted by Crippen LogP contribution is 2.47. The summed E-state index contributed by atoms with van der Waals surface area (Å²) < 4.78 is 0. The lowest BCUT2D eigenvalue weighted by Gasteiger charge is -1.90. The lowest BCUT2D eigenvalue weighted by molar-refractivity contribution is -0.126. The summed E-state index contributed by atoms with van der Waals surface area (Å²) in [5.41, 5.74) is 0.781. The van der Waals surface area contributed by atoms with Crippen LogP contribution < -0.4 is 5.32 Å². The van der Waals surface area contributed by atoms with Crippen molar-refractivity contribution in [2.45, 2.75) is 0 Å². The third kappa shape index (κ3) is 0.376. The molecule has 0 aromatic rings. The molecular weight excluding hydrogens is 118 g/mol. The van der Waals surface area contributed by atoms with Crippen LogP contribution in [0, 0.1) is 11.8 Å². The van der Waals surface area contributed by atoms with E-state index in [4.69, 9.17) is 0 Å².